The Labute approximate surface area is 102 Å². The van der Waals surface area contributed by atoms with Gasteiger partial charge in [-0.25, -0.2) is 0 Å². The zero-order chi connectivity index (χ0) is 12.1. The molecule has 1 aromatic rings. The van der Waals surface area contributed by atoms with Gasteiger partial charge in [-0.1, -0.05) is 67.6 Å². The molecule has 2 rings (SSSR count). The van der Waals surface area contributed by atoms with Crippen LogP contribution in [0.3, 0.4) is 0 Å². The maximum absolute atomic E-state index is 12.2. The molecule has 0 bridgehead atoms. The van der Waals surface area contributed by atoms with E-state index in [4.69, 9.17) is 0 Å². The van der Waals surface area contributed by atoms with Crippen LogP contribution in [0.1, 0.15) is 23.7 Å². The number of benzene rings is 1. The minimum atomic E-state index is 0.0863. The predicted molar refractivity (Wildman–Crippen MR) is 70.9 cm³/mol. The number of allylic oxidation sites excluding steroid dienone is 6. The number of Topliss-reactive ketones (excluding diaryl/α,β-unsaturated/α-hetero) is 1. The smallest absolute Gasteiger partial charge is 0.193 e. The van der Waals surface area contributed by atoms with Crippen molar-refractivity contribution in [1.29, 1.82) is 0 Å². The molecule has 0 saturated heterocycles. The first-order valence-corrected chi connectivity index (χ1v) is 5.97. The second-order valence-corrected chi connectivity index (χ2v) is 4.13. The highest BCUT2D eigenvalue weighted by Gasteiger charge is 2.10. The lowest BCUT2D eigenvalue weighted by molar-refractivity contribution is 0.103. The normalized spacial score (nSPS) is 18.6. The SMILES string of the molecule is CCC1C=CC=C(C(=O)c2ccccc2)C=C1. The maximum atomic E-state index is 12.2. The van der Waals surface area contributed by atoms with Crippen LogP contribution in [0.2, 0.25) is 0 Å². The van der Waals surface area contributed by atoms with Gasteiger partial charge in [-0.3, -0.25) is 4.79 Å². The lowest BCUT2D eigenvalue weighted by atomic mass is 10.0. The van der Waals surface area contributed by atoms with E-state index in [1.165, 1.54) is 0 Å². The van der Waals surface area contributed by atoms with E-state index < -0.39 is 0 Å². The van der Waals surface area contributed by atoms with E-state index >= 15 is 0 Å². The van der Waals surface area contributed by atoms with Crippen molar-refractivity contribution in [2.24, 2.45) is 5.92 Å². The summed E-state index contributed by atoms with van der Waals surface area (Å²) in [6.07, 6.45) is 11.1. The zero-order valence-corrected chi connectivity index (χ0v) is 9.97. The van der Waals surface area contributed by atoms with Crippen molar-refractivity contribution in [3.63, 3.8) is 0 Å². The largest absolute Gasteiger partial charge is 0.289 e. The van der Waals surface area contributed by atoms with Gasteiger partial charge in [-0.05, 0) is 12.3 Å². The number of ketones is 1. The summed E-state index contributed by atoms with van der Waals surface area (Å²) < 4.78 is 0. The summed E-state index contributed by atoms with van der Waals surface area (Å²) in [6, 6.07) is 9.39. The van der Waals surface area contributed by atoms with Gasteiger partial charge in [0.05, 0.1) is 0 Å². The molecule has 1 aromatic carbocycles. The molecule has 0 radical (unpaired) electrons. The first-order chi connectivity index (χ1) is 8.31. The summed E-state index contributed by atoms with van der Waals surface area (Å²) in [7, 11) is 0. The second-order valence-electron chi connectivity index (χ2n) is 4.13. The number of carbonyl (C=O) groups is 1. The zero-order valence-electron chi connectivity index (χ0n) is 9.97. The van der Waals surface area contributed by atoms with Crippen LogP contribution in [0.5, 0.6) is 0 Å². The molecule has 0 spiro atoms. The number of hydrogen-bond donors (Lipinski definition) is 0. The molecule has 0 N–H and O–H groups in total. The van der Waals surface area contributed by atoms with Gasteiger partial charge < -0.3 is 0 Å². The van der Waals surface area contributed by atoms with Crippen LogP contribution in [0.25, 0.3) is 0 Å². The van der Waals surface area contributed by atoms with Crippen LogP contribution in [-0.2, 0) is 0 Å². The van der Waals surface area contributed by atoms with E-state index in [1.807, 2.05) is 48.6 Å². The van der Waals surface area contributed by atoms with Crippen molar-refractivity contribution in [1.82, 2.24) is 0 Å². The monoisotopic (exact) mass is 224 g/mol. The van der Waals surface area contributed by atoms with E-state index in [-0.39, 0.29) is 5.78 Å². The topological polar surface area (TPSA) is 17.1 Å². The van der Waals surface area contributed by atoms with Crippen molar-refractivity contribution in [3.05, 3.63) is 71.8 Å². The van der Waals surface area contributed by atoms with Crippen LogP contribution in [0, 0.1) is 5.92 Å². The molecule has 1 unspecified atom stereocenters. The minimum Gasteiger partial charge on any atom is -0.289 e. The van der Waals surface area contributed by atoms with Crippen molar-refractivity contribution in [3.8, 4) is 0 Å². The third-order valence-electron chi connectivity index (χ3n) is 2.93. The lowest BCUT2D eigenvalue weighted by Crippen LogP contribution is -2.00. The molecule has 0 heterocycles. The highest BCUT2D eigenvalue weighted by atomic mass is 16.1. The highest BCUT2D eigenvalue weighted by molar-refractivity contribution is 6.10. The number of rotatable bonds is 3. The number of carbonyl (C=O) groups excluding carboxylic acids is 1. The first kappa shape index (κ1) is 11.6. The van der Waals surface area contributed by atoms with Gasteiger partial charge in [0.2, 0.25) is 0 Å². The van der Waals surface area contributed by atoms with Gasteiger partial charge in [0, 0.05) is 11.1 Å². The summed E-state index contributed by atoms with van der Waals surface area (Å²) in [5.41, 5.74) is 1.50. The molecule has 0 aliphatic heterocycles. The fraction of sp³-hybridized carbons (Fsp3) is 0.188. The average molecular weight is 224 g/mol. The molecule has 1 aliphatic carbocycles. The van der Waals surface area contributed by atoms with Gasteiger partial charge >= 0.3 is 0 Å². The quantitative estimate of drug-likeness (QED) is 0.710. The Morgan fingerprint density at radius 1 is 1.18 bits per heavy atom. The van der Waals surface area contributed by atoms with Gasteiger partial charge in [0.1, 0.15) is 0 Å². The van der Waals surface area contributed by atoms with Gasteiger partial charge in [0.25, 0.3) is 0 Å². The van der Waals surface area contributed by atoms with Crippen molar-refractivity contribution in [2.75, 3.05) is 0 Å². The molecular formula is C16H16O. The molecule has 0 amide bonds. The molecule has 1 heteroatoms. The summed E-state index contributed by atoms with van der Waals surface area (Å²) in [5.74, 6) is 0.524. The molecule has 1 aliphatic rings. The van der Waals surface area contributed by atoms with Crippen molar-refractivity contribution >= 4 is 5.78 Å². The molecule has 17 heavy (non-hydrogen) atoms. The van der Waals surface area contributed by atoms with Crippen LogP contribution in [-0.4, -0.2) is 5.78 Å². The molecular weight excluding hydrogens is 208 g/mol. The van der Waals surface area contributed by atoms with Gasteiger partial charge in [0.15, 0.2) is 5.78 Å². The first-order valence-electron chi connectivity index (χ1n) is 5.97. The summed E-state index contributed by atoms with van der Waals surface area (Å²) in [6.45, 7) is 2.14. The Morgan fingerprint density at radius 3 is 2.65 bits per heavy atom. The fourth-order valence-electron chi connectivity index (χ4n) is 1.83. The minimum absolute atomic E-state index is 0.0863. The molecule has 86 valence electrons. The Balaban J connectivity index is 2.22. The van der Waals surface area contributed by atoms with E-state index in [0.29, 0.717) is 5.92 Å². The van der Waals surface area contributed by atoms with Crippen LogP contribution < -0.4 is 0 Å². The Bertz CT molecular complexity index is 478. The molecule has 1 atom stereocenters. The standard InChI is InChI=1S/C16H16O/c1-2-13-7-6-10-15(12-11-13)16(17)14-8-4-3-5-9-14/h3-13H,2H2,1H3. The summed E-state index contributed by atoms with van der Waals surface area (Å²) in [4.78, 5) is 12.2. The Morgan fingerprint density at radius 2 is 1.94 bits per heavy atom. The van der Waals surface area contributed by atoms with E-state index in [9.17, 15) is 4.79 Å². The van der Waals surface area contributed by atoms with Crippen LogP contribution in [0.4, 0.5) is 0 Å². The molecule has 1 nitrogen and oxygen atoms in total. The van der Waals surface area contributed by atoms with Crippen LogP contribution in [0.15, 0.2) is 66.3 Å². The highest BCUT2D eigenvalue weighted by Crippen LogP contribution is 2.16. The predicted octanol–water partition coefficient (Wildman–Crippen LogP) is 3.95. The third kappa shape index (κ3) is 2.82. The lowest BCUT2D eigenvalue weighted by Gasteiger charge is -2.01. The van der Waals surface area contributed by atoms with E-state index in [1.54, 1.807) is 0 Å². The average Bonchev–Trinajstić information content (AvgIpc) is 2.64. The molecule has 0 saturated carbocycles. The van der Waals surface area contributed by atoms with Crippen molar-refractivity contribution < 1.29 is 4.79 Å². The third-order valence-corrected chi connectivity index (χ3v) is 2.93. The van der Waals surface area contributed by atoms with Crippen molar-refractivity contribution in [2.45, 2.75) is 13.3 Å². The van der Waals surface area contributed by atoms with Crippen LogP contribution >= 0.6 is 0 Å². The number of hydrogen-bond acceptors (Lipinski definition) is 1. The fourth-order valence-corrected chi connectivity index (χ4v) is 1.83. The second kappa shape index (κ2) is 5.44. The van der Waals surface area contributed by atoms with E-state index in [2.05, 4.69) is 19.1 Å². The summed E-state index contributed by atoms with van der Waals surface area (Å²) in [5, 5.41) is 0. The molecule has 0 fully saturated rings. The summed E-state index contributed by atoms with van der Waals surface area (Å²) >= 11 is 0. The van der Waals surface area contributed by atoms with Gasteiger partial charge in [-0.2, -0.15) is 0 Å². The van der Waals surface area contributed by atoms with E-state index in [0.717, 1.165) is 17.6 Å². The Hall–Kier alpha value is -1.89. The maximum Gasteiger partial charge on any atom is 0.193 e. The Kier molecular flexibility index (Phi) is 3.71. The molecule has 0 aromatic heterocycles. The van der Waals surface area contributed by atoms with Gasteiger partial charge in [-0.15, -0.1) is 0 Å².